The normalized spacial score (nSPS) is 10.3. The quantitative estimate of drug-likeness (QED) is 0.119. The van der Waals surface area contributed by atoms with Gasteiger partial charge in [-0.2, -0.15) is 0 Å². The Balaban J connectivity index is -0.000000192. The molecule has 0 rings (SSSR count). The SMILES string of the molecule is Br.CCCC[PH+](CCCC)CCCC.CCCC[PH+](CCCC)CCCC.[Ni]. The van der Waals surface area contributed by atoms with E-state index in [2.05, 4.69) is 41.5 Å². The van der Waals surface area contributed by atoms with Crippen LogP contribution in [0.3, 0.4) is 0 Å². The van der Waals surface area contributed by atoms with Crippen molar-refractivity contribution in [1.82, 2.24) is 0 Å². The first-order valence-electron chi connectivity index (χ1n) is 12.4. The van der Waals surface area contributed by atoms with E-state index in [0.29, 0.717) is 0 Å². The Morgan fingerprint density at radius 3 is 0.607 bits per heavy atom. The molecule has 28 heavy (non-hydrogen) atoms. The molecule has 0 radical (unpaired) electrons. The maximum Gasteiger partial charge on any atom is 0.0571 e. The van der Waals surface area contributed by atoms with Crippen molar-refractivity contribution in [2.75, 3.05) is 37.0 Å². The van der Waals surface area contributed by atoms with Crippen LogP contribution in [-0.2, 0) is 16.5 Å². The van der Waals surface area contributed by atoms with Gasteiger partial charge in [-0.1, -0.05) is 80.1 Å². The molecule has 0 N–H and O–H groups in total. The van der Waals surface area contributed by atoms with Gasteiger partial charge < -0.3 is 0 Å². The first-order valence-corrected chi connectivity index (χ1v) is 16.6. The zero-order valence-corrected chi connectivity index (χ0v) is 25.2. The Morgan fingerprint density at radius 2 is 0.500 bits per heavy atom. The maximum absolute atomic E-state index is 2.32. The zero-order chi connectivity index (χ0) is 19.9. The van der Waals surface area contributed by atoms with Gasteiger partial charge in [-0.05, 0) is 38.5 Å². The van der Waals surface area contributed by atoms with Gasteiger partial charge in [0, 0.05) is 32.3 Å². The molecule has 0 saturated carbocycles. The van der Waals surface area contributed by atoms with Gasteiger partial charge in [0.15, 0.2) is 0 Å². The van der Waals surface area contributed by atoms with E-state index < -0.39 is 0 Å². The van der Waals surface area contributed by atoms with Crippen molar-refractivity contribution in [2.24, 2.45) is 0 Å². The number of rotatable bonds is 18. The Morgan fingerprint density at radius 1 is 0.357 bits per heavy atom. The molecule has 0 aromatic rings. The Bertz CT molecular complexity index is 181. The van der Waals surface area contributed by atoms with Gasteiger partial charge >= 0.3 is 0 Å². The molecule has 4 heteroatoms. The minimum atomic E-state index is 0. The van der Waals surface area contributed by atoms with E-state index in [1.54, 1.807) is 37.0 Å². The number of hydrogen-bond donors (Lipinski definition) is 0. The summed E-state index contributed by atoms with van der Waals surface area (Å²) >= 11 is 0. The van der Waals surface area contributed by atoms with E-state index in [1.807, 2.05) is 0 Å². The molecule has 0 saturated heterocycles. The molecule has 0 aromatic carbocycles. The summed E-state index contributed by atoms with van der Waals surface area (Å²) in [7, 11) is 0.135. The van der Waals surface area contributed by atoms with Gasteiger partial charge in [-0.25, -0.2) is 0 Å². The predicted molar refractivity (Wildman–Crippen MR) is 146 cm³/mol. The smallest absolute Gasteiger partial charge is 0.0571 e. The van der Waals surface area contributed by atoms with E-state index in [-0.39, 0.29) is 49.3 Å². The van der Waals surface area contributed by atoms with Crippen LogP contribution in [0.5, 0.6) is 0 Å². The Kier molecular flexibility index (Phi) is 44.4. The van der Waals surface area contributed by atoms with E-state index in [1.165, 1.54) is 77.0 Å². The van der Waals surface area contributed by atoms with Crippen molar-refractivity contribution in [1.29, 1.82) is 0 Å². The maximum atomic E-state index is 2.32. The monoisotopic (exact) mass is 544 g/mol. The molecule has 0 fully saturated rings. The zero-order valence-electron chi connectivity index (χ0n) is 20.5. The van der Waals surface area contributed by atoms with Crippen molar-refractivity contribution in [3.63, 3.8) is 0 Å². The molecule has 0 unspecified atom stereocenters. The number of unbranched alkanes of at least 4 members (excludes halogenated alkanes) is 6. The third-order valence-electron chi connectivity index (χ3n) is 5.30. The molecule has 0 bridgehead atoms. The van der Waals surface area contributed by atoms with Crippen LogP contribution in [0.15, 0.2) is 0 Å². The average molecular weight is 546 g/mol. The van der Waals surface area contributed by atoms with Crippen LogP contribution in [0.25, 0.3) is 0 Å². The van der Waals surface area contributed by atoms with E-state index in [9.17, 15) is 0 Å². The molecule has 0 spiro atoms. The molecule has 0 aliphatic heterocycles. The molecule has 0 aliphatic rings. The minimum Gasteiger partial charge on any atom is -0.114 e. The van der Waals surface area contributed by atoms with E-state index in [0.717, 1.165) is 0 Å². The van der Waals surface area contributed by atoms with Crippen molar-refractivity contribution in [2.45, 2.75) is 119 Å². The Labute approximate surface area is 204 Å². The molecule has 0 aromatic heterocycles. The van der Waals surface area contributed by atoms with Crippen molar-refractivity contribution in [3.05, 3.63) is 0 Å². The second-order valence-electron chi connectivity index (χ2n) is 8.12. The largest absolute Gasteiger partial charge is 0.114 e. The van der Waals surface area contributed by atoms with Crippen LogP contribution in [-0.4, -0.2) is 37.0 Å². The fraction of sp³-hybridized carbons (Fsp3) is 1.00. The van der Waals surface area contributed by atoms with Crippen LogP contribution < -0.4 is 0 Å². The fourth-order valence-corrected chi connectivity index (χ4v) is 9.93. The molecule has 0 heterocycles. The number of halogens is 1. The van der Waals surface area contributed by atoms with Crippen LogP contribution >= 0.6 is 32.8 Å². The summed E-state index contributed by atoms with van der Waals surface area (Å²) in [6.07, 6.45) is 26.8. The van der Waals surface area contributed by atoms with Crippen LogP contribution in [0.2, 0.25) is 0 Å². The van der Waals surface area contributed by atoms with Crippen LogP contribution in [0, 0.1) is 0 Å². The molecular formula is C24H57BrNiP2+2. The van der Waals surface area contributed by atoms with Gasteiger partial charge in [0.25, 0.3) is 0 Å². The third-order valence-corrected chi connectivity index (χ3v) is 11.7. The van der Waals surface area contributed by atoms with Crippen LogP contribution in [0.1, 0.15) is 119 Å². The predicted octanol–water partition coefficient (Wildman–Crippen LogP) is 9.78. The number of hydrogen-bond acceptors (Lipinski definition) is 0. The summed E-state index contributed by atoms with van der Waals surface area (Å²) in [5.74, 6) is 0. The average Bonchev–Trinajstić information content (AvgIpc) is 2.67. The topological polar surface area (TPSA) is 0 Å². The van der Waals surface area contributed by atoms with Crippen molar-refractivity contribution < 1.29 is 16.5 Å². The molecule has 0 atom stereocenters. The molecule has 178 valence electrons. The summed E-state index contributed by atoms with van der Waals surface area (Å²) in [5, 5.41) is 0. The summed E-state index contributed by atoms with van der Waals surface area (Å²) in [6.45, 7) is 13.9. The fourth-order valence-electron chi connectivity index (χ4n) is 3.31. The second kappa shape index (κ2) is 33.5. The first-order chi connectivity index (χ1) is 12.7. The van der Waals surface area contributed by atoms with E-state index >= 15 is 0 Å². The second-order valence-corrected chi connectivity index (χ2v) is 14.1. The van der Waals surface area contributed by atoms with E-state index in [4.69, 9.17) is 0 Å². The van der Waals surface area contributed by atoms with Gasteiger partial charge in [0.1, 0.15) is 0 Å². The summed E-state index contributed by atoms with van der Waals surface area (Å²) in [6, 6.07) is 0. The Hall–Kier alpha value is 1.83. The van der Waals surface area contributed by atoms with Crippen molar-refractivity contribution in [3.8, 4) is 0 Å². The minimum absolute atomic E-state index is 0. The molecule has 0 amide bonds. The van der Waals surface area contributed by atoms with Gasteiger partial charge in [0.05, 0.1) is 37.0 Å². The van der Waals surface area contributed by atoms with Crippen molar-refractivity contribution >= 4 is 32.8 Å². The van der Waals surface area contributed by atoms with Gasteiger partial charge in [-0.15, -0.1) is 17.0 Å². The molecular weight excluding hydrogens is 489 g/mol. The van der Waals surface area contributed by atoms with Crippen LogP contribution in [0.4, 0.5) is 0 Å². The molecule has 0 aliphatic carbocycles. The summed E-state index contributed by atoms with van der Waals surface area (Å²) in [4.78, 5) is 0. The molecule has 0 nitrogen and oxygen atoms in total. The first kappa shape index (κ1) is 37.2. The standard InChI is InChI=1S/2C12H27P.BrH.Ni/c2*1-4-7-10-13(11-8-5-2)12-9-6-3;;/h2*4-12H2,1-3H3;1H;/p+2. The van der Waals surface area contributed by atoms with Gasteiger partial charge in [0.2, 0.25) is 0 Å². The third kappa shape index (κ3) is 30.0. The van der Waals surface area contributed by atoms with Gasteiger partial charge in [-0.3, -0.25) is 0 Å². The summed E-state index contributed by atoms with van der Waals surface area (Å²) in [5.41, 5.74) is 0. The summed E-state index contributed by atoms with van der Waals surface area (Å²) < 4.78 is 0.